The maximum absolute atomic E-state index is 12.6. The molecule has 6 heteroatoms. The molecule has 1 atom stereocenters. The number of aromatic amines is 1. The van der Waals surface area contributed by atoms with Gasteiger partial charge in [-0.3, -0.25) is 9.89 Å². The third kappa shape index (κ3) is 3.01. The molecule has 116 valence electrons. The van der Waals surface area contributed by atoms with Gasteiger partial charge in [-0.05, 0) is 38.9 Å². The van der Waals surface area contributed by atoms with E-state index in [9.17, 15) is 4.79 Å². The first-order valence-electron chi connectivity index (χ1n) is 7.63. The summed E-state index contributed by atoms with van der Waals surface area (Å²) in [5.74, 6) is 1.53. The molecule has 1 unspecified atom stereocenters. The number of H-pyrrole nitrogens is 1. The molecule has 1 aromatic heterocycles. The molecule has 1 amide bonds. The quantitative estimate of drug-likeness (QED) is 0.903. The van der Waals surface area contributed by atoms with Gasteiger partial charge in [0, 0.05) is 30.3 Å². The molecule has 2 aromatic rings. The number of carbonyl (C=O) groups excluding carboxylic acids is 1. The first-order valence-corrected chi connectivity index (χ1v) is 7.63. The van der Waals surface area contributed by atoms with E-state index >= 15 is 0 Å². The summed E-state index contributed by atoms with van der Waals surface area (Å²) in [4.78, 5) is 18.8. The summed E-state index contributed by atoms with van der Waals surface area (Å²) in [6.45, 7) is 3.47. The Morgan fingerprint density at radius 3 is 2.77 bits per heavy atom. The van der Waals surface area contributed by atoms with Crippen molar-refractivity contribution in [3.05, 3.63) is 35.7 Å². The fourth-order valence-electron chi connectivity index (χ4n) is 2.81. The molecule has 0 saturated carbocycles. The minimum Gasteiger partial charge on any atom is -0.337 e. The van der Waals surface area contributed by atoms with Gasteiger partial charge in [0.25, 0.3) is 5.91 Å². The number of aryl methyl sites for hydroxylation is 1. The molecule has 0 aliphatic carbocycles. The van der Waals surface area contributed by atoms with Crippen LogP contribution in [0.15, 0.2) is 24.3 Å². The Hall–Kier alpha value is -2.21. The Bertz CT molecular complexity index is 649. The van der Waals surface area contributed by atoms with Crippen LogP contribution in [-0.4, -0.2) is 52.2 Å². The maximum atomic E-state index is 12.6. The Balaban J connectivity index is 1.73. The average molecular weight is 299 g/mol. The van der Waals surface area contributed by atoms with Gasteiger partial charge in [0.05, 0.1) is 0 Å². The van der Waals surface area contributed by atoms with E-state index in [1.165, 1.54) is 0 Å². The van der Waals surface area contributed by atoms with Crippen LogP contribution in [0.5, 0.6) is 0 Å². The van der Waals surface area contributed by atoms with Crippen LogP contribution in [0.4, 0.5) is 0 Å². The highest BCUT2D eigenvalue weighted by Crippen LogP contribution is 2.18. The van der Waals surface area contributed by atoms with Crippen molar-refractivity contribution in [2.75, 3.05) is 20.1 Å². The number of likely N-dealkylation sites (tertiary alicyclic amines) is 1. The standard InChI is InChI=1S/C16H21N5O/c1-11-18-15(20-19-11)12-5-7-13(8-6-12)16(22)21-9-3-4-14(10-21)17-2/h5-8,14,17H,3-4,9-10H2,1-2H3,(H,18,19,20). The van der Waals surface area contributed by atoms with Crippen molar-refractivity contribution >= 4 is 5.91 Å². The first-order chi connectivity index (χ1) is 10.7. The van der Waals surface area contributed by atoms with Gasteiger partial charge >= 0.3 is 0 Å². The van der Waals surface area contributed by atoms with Crippen molar-refractivity contribution in [3.8, 4) is 11.4 Å². The van der Waals surface area contributed by atoms with Gasteiger partial charge in [0.15, 0.2) is 5.82 Å². The second kappa shape index (κ2) is 6.27. The molecular weight excluding hydrogens is 278 g/mol. The predicted molar refractivity (Wildman–Crippen MR) is 84.5 cm³/mol. The molecule has 1 aliphatic rings. The predicted octanol–water partition coefficient (Wildman–Crippen LogP) is 1.60. The number of nitrogens with zero attached hydrogens (tertiary/aromatic N) is 3. The number of hydrogen-bond acceptors (Lipinski definition) is 4. The Morgan fingerprint density at radius 1 is 1.36 bits per heavy atom. The molecule has 1 saturated heterocycles. The van der Waals surface area contributed by atoms with Crippen LogP contribution in [0.3, 0.4) is 0 Å². The average Bonchev–Trinajstić information content (AvgIpc) is 3.01. The molecule has 6 nitrogen and oxygen atoms in total. The number of nitrogens with one attached hydrogen (secondary N) is 2. The van der Waals surface area contributed by atoms with E-state index in [1.54, 1.807) is 0 Å². The molecule has 2 heterocycles. The zero-order valence-corrected chi connectivity index (χ0v) is 13.0. The Labute approximate surface area is 129 Å². The van der Waals surface area contributed by atoms with E-state index < -0.39 is 0 Å². The van der Waals surface area contributed by atoms with Gasteiger partial charge in [-0.15, -0.1) is 0 Å². The van der Waals surface area contributed by atoms with E-state index in [-0.39, 0.29) is 5.91 Å². The van der Waals surface area contributed by atoms with Crippen molar-refractivity contribution in [3.63, 3.8) is 0 Å². The molecular formula is C16H21N5O. The molecule has 0 radical (unpaired) electrons. The second-order valence-electron chi connectivity index (χ2n) is 5.70. The molecule has 1 aromatic carbocycles. The van der Waals surface area contributed by atoms with Crippen LogP contribution < -0.4 is 5.32 Å². The van der Waals surface area contributed by atoms with E-state index in [4.69, 9.17) is 0 Å². The number of rotatable bonds is 3. The number of benzene rings is 1. The van der Waals surface area contributed by atoms with Crippen molar-refractivity contribution in [1.29, 1.82) is 0 Å². The third-order valence-corrected chi connectivity index (χ3v) is 4.10. The van der Waals surface area contributed by atoms with Gasteiger partial charge in [-0.1, -0.05) is 12.1 Å². The fourth-order valence-corrected chi connectivity index (χ4v) is 2.81. The van der Waals surface area contributed by atoms with E-state index in [1.807, 2.05) is 43.1 Å². The maximum Gasteiger partial charge on any atom is 0.253 e. The lowest BCUT2D eigenvalue weighted by atomic mass is 10.0. The van der Waals surface area contributed by atoms with Crippen molar-refractivity contribution < 1.29 is 4.79 Å². The molecule has 0 bridgehead atoms. The summed E-state index contributed by atoms with van der Waals surface area (Å²) in [6.07, 6.45) is 2.18. The lowest BCUT2D eigenvalue weighted by molar-refractivity contribution is 0.0698. The van der Waals surface area contributed by atoms with Crippen LogP contribution in [0.1, 0.15) is 29.0 Å². The van der Waals surface area contributed by atoms with Gasteiger partial charge in [-0.25, -0.2) is 4.98 Å². The highest BCUT2D eigenvalue weighted by atomic mass is 16.2. The molecule has 2 N–H and O–H groups in total. The Kier molecular flexibility index (Phi) is 4.20. The van der Waals surface area contributed by atoms with Crippen LogP contribution in [0.25, 0.3) is 11.4 Å². The minimum absolute atomic E-state index is 0.0951. The number of likely N-dealkylation sites (N-methyl/N-ethyl adjacent to an activating group) is 1. The molecule has 1 aliphatic heterocycles. The summed E-state index contributed by atoms with van der Waals surface area (Å²) in [6, 6.07) is 7.90. The molecule has 22 heavy (non-hydrogen) atoms. The summed E-state index contributed by atoms with van der Waals surface area (Å²) in [5.41, 5.74) is 1.63. The zero-order valence-electron chi connectivity index (χ0n) is 13.0. The SMILES string of the molecule is CNC1CCCN(C(=O)c2ccc(-c3n[nH]c(C)n3)cc2)C1. The smallest absolute Gasteiger partial charge is 0.253 e. The lowest BCUT2D eigenvalue weighted by Crippen LogP contribution is -2.46. The number of amides is 1. The van der Waals surface area contributed by atoms with Crippen LogP contribution >= 0.6 is 0 Å². The summed E-state index contributed by atoms with van der Waals surface area (Å²) in [5, 5.41) is 10.2. The van der Waals surface area contributed by atoms with Crippen LogP contribution in [0, 0.1) is 6.92 Å². The number of hydrogen-bond donors (Lipinski definition) is 2. The topological polar surface area (TPSA) is 73.9 Å². The summed E-state index contributed by atoms with van der Waals surface area (Å²) in [7, 11) is 1.95. The summed E-state index contributed by atoms with van der Waals surface area (Å²) >= 11 is 0. The summed E-state index contributed by atoms with van der Waals surface area (Å²) < 4.78 is 0. The molecule has 3 rings (SSSR count). The number of aromatic nitrogens is 3. The third-order valence-electron chi connectivity index (χ3n) is 4.10. The minimum atomic E-state index is 0.0951. The largest absolute Gasteiger partial charge is 0.337 e. The van der Waals surface area contributed by atoms with Gasteiger partial charge in [-0.2, -0.15) is 5.10 Å². The van der Waals surface area contributed by atoms with Crippen molar-refractivity contribution in [2.45, 2.75) is 25.8 Å². The monoisotopic (exact) mass is 299 g/mol. The van der Waals surface area contributed by atoms with E-state index in [2.05, 4.69) is 20.5 Å². The van der Waals surface area contributed by atoms with E-state index in [0.29, 0.717) is 17.4 Å². The van der Waals surface area contributed by atoms with Crippen LogP contribution in [0.2, 0.25) is 0 Å². The number of piperidine rings is 1. The number of carbonyl (C=O) groups is 1. The normalized spacial score (nSPS) is 18.5. The Morgan fingerprint density at radius 2 is 2.14 bits per heavy atom. The van der Waals surface area contributed by atoms with Gasteiger partial charge in [0.2, 0.25) is 0 Å². The second-order valence-corrected chi connectivity index (χ2v) is 5.70. The van der Waals surface area contributed by atoms with Crippen molar-refractivity contribution in [2.24, 2.45) is 0 Å². The highest BCUT2D eigenvalue weighted by Gasteiger charge is 2.23. The fraction of sp³-hybridized carbons (Fsp3) is 0.438. The van der Waals surface area contributed by atoms with Gasteiger partial charge in [0.1, 0.15) is 5.82 Å². The highest BCUT2D eigenvalue weighted by molar-refractivity contribution is 5.94. The lowest BCUT2D eigenvalue weighted by Gasteiger charge is -2.32. The molecule has 1 fully saturated rings. The van der Waals surface area contributed by atoms with E-state index in [0.717, 1.165) is 37.3 Å². The van der Waals surface area contributed by atoms with Gasteiger partial charge < -0.3 is 10.2 Å². The van der Waals surface area contributed by atoms with Crippen molar-refractivity contribution in [1.82, 2.24) is 25.4 Å². The van der Waals surface area contributed by atoms with Crippen LogP contribution in [-0.2, 0) is 0 Å². The molecule has 0 spiro atoms. The first kappa shape index (κ1) is 14.7. The zero-order chi connectivity index (χ0) is 15.5.